The molecule has 7 nitrogen and oxygen atoms in total. The molecule has 0 saturated heterocycles. The molecule has 34 heavy (non-hydrogen) atoms. The van der Waals surface area contributed by atoms with E-state index in [0.29, 0.717) is 17.8 Å². The van der Waals surface area contributed by atoms with Crippen molar-refractivity contribution in [2.45, 2.75) is 58.3 Å². The molecule has 0 radical (unpaired) electrons. The molecule has 0 bridgehead atoms. The minimum atomic E-state index is 0.0506. The molecule has 0 aliphatic heterocycles. The van der Waals surface area contributed by atoms with Gasteiger partial charge in [-0.3, -0.25) is 9.78 Å². The fourth-order valence-corrected chi connectivity index (χ4v) is 4.00. The predicted octanol–water partition coefficient (Wildman–Crippen LogP) is 6.21. The van der Waals surface area contributed by atoms with Gasteiger partial charge in [-0.1, -0.05) is 57.6 Å². The van der Waals surface area contributed by atoms with Crippen LogP contribution in [0.4, 0.5) is 0 Å². The van der Waals surface area contributed by atoms with Crippen LogP contribution >= 0.6 is 0 Å². The average Bonchev–Trinajstić information content (AvgIpc) is 3.31. The van der Waals surface area contributed by atoms with Gasteiger partial charge in [0, 0.05) is 30.4 Å². The highest BCUT2D eigenvalue weighted by Crippen LogP contribution is 2.24. The Hall–Kier alpha value is -3.61. The van der Waals surface area contributed by atoms with E-state index in [1.165, 1.54) is 32.1 Å². The number of hydrogen-bond acceptors (Lipinski definition) is 6. The summed E-state index contributed by atoms with van der Waals surface area (Å²) in [5, 5.41) is 9.09. The first-order valence-corrected chi connectivity index (χ1v) is 12.1. The molecular weight excluding hydrogens is 426 g/mol. The highest BCUT2D eigenvalue weighted by Gasteiger charge is 2.16. The second kappa shape index (κ2) is 11.5. The molecule has 4 rings (SSSR count). The van der Waals surface area contributed by atoms with Gasteiger partial charge in [-0.2, -0.15) is 4.80 Å². The van der Waals surface area contributed by atoms with Crippen molar-refractivity contribution in [3.8, 4) is 22.7 Å². The van der Waals surface area contributed by atoms with Crippen LogP contribution in [0.15, 0.2) is 54.9 Å². The van der Waals surface area contributed by atoms with E-state index in [9.17, 15) is 4.79 Å². The number of nitrogens with zero attached hydrogens (tertiary/aromatic N) is 5. The van der Waals surface area contributed by atoms with Crippen LogP contribution < -0.4 is 4.74 Å². The molecule has 0 aliphatic carbocycles. The fourth-order valence-electron chi connectivity index (χ4n) is 4.00. The van der Waals surface area contributed by atoms with Crippen molar-refractivity contribution < 1.29 is 9.53 Å². The number of hydrogen-bond donors (Lipinski definition) is 0. The number of ketones is 1. The van der Waals surface area contributed by atoms with Gasteiger partial charge in [-0.25, -0.2) is 4.98 Å². The smallest absolute Gasteiger partial charge is 0.183 e. The highest BCUT2D eigenvalue weighted by atomic mass is 16.5. The molecule has 2 heterocycles. The molecule has 176 valence electrons. The van der Waals surface area contributed by atoms with Crippen LogP contribution in [0, 0.1) is 0 Å². The van der Waals surface area contributed by atoms with Crippen molar-refractivity contribution in [1.29, 1.82) is 0 Å². The number of carbonyl (C=O) groups excluding carboxylic acids is 1. The van der Waals surface area contributed by atoms with E-state index >= 15 is 0 Å². The lowest BCUT2D eigenvalue weighted by atomic mass is 10.0. The van der Waals surface area contributed by atoms with Gasteiger partial charge in [0.25, 0.3) is 0 Å². The molecule has 2 aromatic carbocycles. The van der Waals surface area contributed by atoms with E-state index in [2.05, 4.69) is 27.1 Å². The molecule has 7 heteroatoms. The first kappa shape index (κ1) is 23.5. The number of benzene rings is 2. The number of unbranched alkanes of at least 4 members (excludes halogenated alkanes) is 6. The van der Waals surface area contributed by atoms with E-state index in [1.54, 1.807) is 24.3 Å². The Morgan fingerprint density at radius 1 is 0.853 bits per heavy atom. The number of aromatic nitrogens is 5. The summed E-state index contributed by atoms with van der Waals surface area (Å²) in [4.78, 5) is 23.3. The van der Waals surface area contributed by atoms with Gasteiger partial charge in [-0.15, -0.1) is 10.2 Å². The zero-order chi connectivity index (χ0) is 23.8. The third kappa shape index (κ3) is 5.65. The molecule has 0 unspecified atom stereocenters. The van der Waals surface area contributed by atoms with Crippen molar-refractivity contribution in [2.75, 3.05) is 7.11 Å². The zero-order valence-corrected chi connectivity index (χ0v) is 19.9. The molecule has 2 aromatic heterocycles. The van der Waals surface area contributed by atoms with Gasteiger partial charge < -0.3 is 4.74 Å². The van der Waals surface area contributed by atoms with Crippen LogP contribution in [0.25, 0.3) is 28.0 Å². The third-order valence-corrected chi connectivity index (χ3v) is 5.93. The predicted molar refractivity (Wildman–Crippen MR) is 133 cm³/mol. The largest absolute Gasteiger partial charge is 0.497 e. The number of carbonyl (C=O) groups is 1. The van der Waals surface area contributed by atoms with Gasteiger partial charge in [0.15, 0.2) is 5.78 Å². The van der Waals surface area contributed by atoms with Gasteiger partial charge in [-0.05, 0) is 30.7 Å². The Morgan fingerprint density at radius 3 is 2.32 bits per heavy atom. The summed E-state index contributed by atoms with van der Waals surface area (Å²) >= 11 is 0. The first-order valence-electron chi connectivity index (χ1n) is 12.1. The van der Waals surface area contributed by atoms with Gasteiger partial charge in [0.2, 0.25) is 0 Å². The van der Waals surface area contributed by atoms with Crippen molar-refractivity contribution in [3.05, 3.63) is 60.6 Å². The molecule has 0 fully saturated rings. The summed E-state index contributed by atoms with van der Waals surface area (Å²) in [5.41, 5.74) is 4.27. The van der Waals surface area contributed by atoms with E-state index < -0.39 is 0 Å². The maximum Gasteiger partial charge on any atom is 0.183 e. The van der Waals surface area contributed by atoms with Crippen LogP contribution in [0.1, 0.15) is 68.8 Å². The lowest BCUT2D eigenvalue weighted by Crippen LogP contribution is -2.06. The zero-order valence-electron chi connectivity index (χ0n) is 19.9. The first-order chi connectivity index (χ1) is 16.7. The topological polar surface area (TPSA) is 82.8 Å². The standard InChI is InChI=1S/C27H31N5O2/c1-3-4-5-6-7-8-9-10-25(33)27-26(28-17-18-29-27)20-11-13-21(14-12-20)32-30-23-16-15-22(34-2)19-24(23)31-32/h11-19H,3-10H2,1-2H3. The second-order valence-corrected chi connectivity index (χ2v) is 8.44. The Bertz CT molecular complexity index is 1230. The third-order valence-electron chi connectivity index (χ3n) is 5.93. The van der Waals surface area contributed by atoms with E-state index in [1.807, 2.05) is 42.5 Å². The van der Waals surface area contributed by atoms with Crippen molar-refractivity contribution in [1.82, 2.24) is 25.0 Å². The SMILES string of the molecule is CCCCCCCCCC(=O)c1nccnc1-c1ccc(-n2nc3ccc(OC)cc3n2)cc1. The summed E-state index contributed by atoms with van der Waals surface area (Å²) in [6.07, 6.45) is 12.0. The summed E-state index contributed by atoms with van der Waals surface area (Å²) < 4.78 is 5.27. The summed E-state index contributed by atoms with van der Waals surface area (Å²) in [7, 11) is 1.63. The number of rotatable bonds is 12. The quantitative estimate of drug-likeness (QED) is 0.186. The number of ether oxygens (including phenoxy) is 1. The Balaban J connectivity index is 1.44. The fraction of sp³-hybridized carbons (Fsp3) is 0.370. The van der Waals surface area contributed by atoms with Gasteiger partial charge in [0.1, 0.15) is 22.5 Å². The Kier molecular flexibility index (Phi) is 7.96. The summed E-state index contributed by atoms with van der Waals surface area (Å²) in [5.74, 6) is 0.793. The van der Waals surface area contributed by atoms with Crippen LogP contribution in [-0.2, 0) is 0 Å². The lowest BCUT2D eigenvalue weighted by molar-refractivity contribution is 0.0974. The van der Waals surface area contributed by atoms with Crippen molar-refractivity contribution in [2.24, 2.45) is 0 Å². The van der Waals surface area contributed by atoms with E-state index in [0.717, 1.165) is 40.9 Å². The van der Waals surface area contributed by atoms with Crippen LogP contribution in [-0.4, -0.2) is 37.9 Å². The molecular formula is C27H31N5O2. The van der Waals surface area contributed by atoms with E-state index in [-0.39, 0.29) is 5.78 Å². The molecule has 4 aromatic rings. The van der Waals surface area contributed by atoms with Crippen LogP contribution in [0.5, 0.6) is 5.75 Å². The second-order valence-electron chi connectivity index (χ2n) is 8.44. The van der Waals surface area contributed by atoms with Crippen molar-refractivity contribution in [3.63, 3.8) is 0 Å². The molecule has 0 amide bonds. The molecule has 0 aliphatic rings. The monoisotopic (exact) mass is 457 g/mol. The minimum absolute atomic E-state index is 0.0506. The maximum atomic E-state index is 12.9. The molecule has 0 N–H and O–H groups in total. The number of methoxy groups -OCH3 is 1. The summed E-state index contributed by atoms with van der Waals surface area (Å²) in [6, 6.07) is 13.3. The minimum Gasteiger partial charge on any atom is -0.497 e. The highest BCUT2D eigenvalue weighted by molar-refractivity contribution is 5.99. The molecule has 0 atom stereocenters. The molecule has 0 spiro atoms. The number of Topliss-reactive ketones (excluding diaryl/α,β-unsaturated/α-hetero) is 1. The maximum absolute atomic E-state index is 12.9. The molecule has 0 saturated carbocycles. The van der Waals surface area contributed by atoms with Crippen LogP contribution in [0.2, 0.25) is 0 Å². The average molecular weight is 458 g/mol. The normalized spacial score (nSPS) is 11.1. The van der Waals surface area contributed by atoms with Crippen LogP contribution in [0.3, 0.4) is 0 Å². The van der Waals surface area contributed by atoms with Crippen molar-refractivity contribution >= 4 is 16.8 Å². The van der Waals surface area contributed by atoms with Gasteiger partial charge in [0.05, 0.1) is 18.5 Å². The Labute approximate surface area is 200 Å². The van der Waals surface area contributed by atoms with E-state index in [4.69, 9.17) is 4.74 Å². The number of fused-ring (bicyclic) bond motifs is 1. The summed E-state index contributed by atoms with van der Waals surface area (Å²) in [6.45, 7) is 2.22. The van der Waals surface area contributed by atoms with Gasteiger partial charge >= 0.3 is 0 Å². The Morgan fingerprint density at radius 2 is 1.56 bits per heavy atom. The lowest BCUT2D eigenvalue weighted by Gasteiger charge is -2.08.